The molecule has 0 aliphatic rings. The quantitative estimate of drug-likeness (QED) is 0.584. The Hall–Kier alpha value is -1.16. The van der Waals surface area contributed by atoms with E-state index in [0.717, 1.165) is 5.51 Å². The first-order valence-corrected chi connectivity index (χ1v) is 9.61. The van der Waals surface area contributed by atoms with E-state index in [-0.39, 0.29) is 5.78 Å². The normalized spacial score (nSPS) is 13.1. The van der Waals surface area contributed by atoms with E-state index in [0.29, 0.717) is 22.4 Å². The molecule has 1 aromatic rings. The summed E-state index contributed by atoms with van der Waals surface area (Å²) in [6.07, 6.45) is 4.97. The lowest BCUT2D eigenvalue weighted by Gasteiger charge is -2.39. The SMILES string of the molecule is CC(=O)C=Cc1cnc([Si](C(C)C)(C(C)C)C(C)C)o1. The molecule has 0 bridgehead atoms. The molecule has 0 saturated heterocycles. The van der Waals surface area contributed by atoms with Crippen molar-refractivity contribution < 1.29 is 9.21 Å². The van der Waals surface area contributed by atoms with Gasteiger partial charge in [-0.3, -0.25) is 4.79 Å². The highest BCUT2D eigenvalue weighted by Gasteiger charge is 2.48. The van der Waals surface area contributed by atoms with Crippen LogP contribution in [0.15, 0.2) is 16.7 Å². The van der Waals surface area contributed by atoms with E-state index in [1.807, 2.05) is 0 Å². The van der Waals surface area contributed by atoms with Crippen molar-refractivity contribution in [3.05, 3.63) is 18.0 Å². The summed E-state index contributed by atoms with van der Waals surface area (Å²) in [5, 5.41) is 0. The Kier molecular flexibility index (Phi) is 5.51. The van der Waals surface area contributed by atoms with Gasteiger partial charge in [0.2, 0.25) is 0 Å². The van der Waals surface area contributed by atoms with Crippen LogP contribution in [0, 0.1) is 0 Å². The Morgan fingerprint density at radius 2 is 1.65 bits per heavy atom. The van der Waals surface area contributed by atoms with E-state index in [2.05, 4.69) is 46.5 Å². The summed E-state index contributed by atoms with van der Waals surface area (Å²) in [6.45, 7) is 15.2. The molecule has 4 heteroatoms. The lowest BCUT2D eigenvalue weighted by atomic mass is 10.3. The van der Waals surface area contributed by atoms with Gasteiger partial charge in [-0.15, -0.1) is 0 Å². The number of allylic oxidation sites excluding steroid dienone is 1. The van der Waals surface area contributed by atoms with Gasteiger partial charge < -0.3 is 4.42 Å². The monoisotopic (exact) mass is 293 g/mol. The summed E-state index contributed by atoms with van der Waals surface area (Å²) in [7, 11) is -1.84. The Morgan fingerprint density at radius 3 is 2.05 bits per heavy atom. The highest BCUT2D eigenvalue weighted by Crippen LogP contribution is 2.40. The number of hydrogen-bond donors (Lipinski definition) is 0. The molecular formula is C16H27NO2Si. The third kappa shape index (κ3) is 3.11. The van der Waals surface area contributed by atoms with Crippen LogP contribution < -0.4 is 5.51 Å². The van der Waals surface area contributed by atoms with Crippen LogP contribution in [0.1, 0.15) is 54.2 Å². The van der Waals surface area contributed by atoms with Crippen molar-refractivity contribution in [2.24, 2.45) is 0 Å². The van der Waals surface area contributed by atoms with E-state index in [1.165, 1.54) is 13.0 Å². The molecule has 0 spiro atoms. The van der Waals surface area contributed by atoms with E-state index in [4.69, 9.17) is 4.42 Å². The Morgan fingerprint density at radius 1 is 1.15 bits per heavy atom. The van der Waals surface area contributed by atoms with Crippen LogP contribution in [-0.4, -0.2) is 18.8 Å². The van der Waals surface area contributed by atoms with Crippen molar-refractivity contribution in [2.75, 3.05) is 0 Å². The molecule has 0 unspecified atom stereocenters. The fourth-order valence-corrected chi connectivity index (χ4v) is 9.57. The number of nitrogens with zero attached hydrogens (tertiary/aromatic N) is 1. The van der Waals surface area contributed by atoms with Crippen LogP contribution in [0.25, 0.3) is 6.08 Å². The Balaban J connectivity index is 3.26. The molecule has 0 atom stereocenters. The number of oxazole rings is 1. The van der Waals surface area contributed by atoms with Gasteiger partial charge in [-0.2, -0.15) is 0 Å². The standard InChI is InChI=1S/C16H27NO2Si/c1-11(2)20(12(3)4,13(5)6)16-17-10-15(19-16)9-8-14(7)18/h8-13H,1-7H3. The van der Waals surface area contributed by atoms with Crippen LogP contribution in [0.4, 0.5) is 0 Å². The van der Waals surface area contributed by atoms with E-state index >= 15 is 0 Å². The second-order valence-electron chi connectivity index (χ2n) is 6.41. The minimum Gasteiger partial charge on any atom is -0.446 e. The maximum atomic E-state index is 11.0. The predicted octanol–water partition coefficient (Wildman–Crippen LogP) is 4.16. The minimum atomic E-state index is -1.84. The molecule has 3 nitrogen and oxygen atoms in total. The highest BCUT2D eigenvalue weighted by atomic mass is 28.3. The Bertz CT molecular complexity index is 465. The molecule has 0 N–H and O–H groups in total. The molecule has 0 aromatic carbocycles. The van der Waals surface area contributed by atoms with Crippen molar-refractivity contribution in [3.8, 4) is 0 Å². The molecule has 1 rings (SSSR count). The van der Waals surface area contributed by atoms with Gasteiger partial charge in [0.05, 0.1) is 6.20 Å². The summed E-state index contributed by atoms with van der Waals surface area (Å²) >= 11 is 0. The van der Waals surface area contributed by atoms with E-state index in [9.17, 15) is 4.79 Å². The summed E-state index contributed by atoms with van der Waals surface area (Å²) in [5.74, 6) is 0.692. The van der Waals surface area contributed by atoms with Crippen molar-refractivity contribution in [1.82, 2.24) is 4.98 Å². The third-order valence-electron chi connectivity index (χ3n) is 4.24. The Labute approximate surface area is 123 Å². The van der Waals surface area contributed by atoms with Crippen molar-refractivity contribution >= 4 is 25.4 Å². The van der Waals surface area contributed by atoms with Crippen molar-refractivity contribution in [3.63, 3.8) is 0 Å². The van der Waals surface area contributed by atoms with Crippen molar-refractivity contribution in [1.29, 1.82) is 0 Å². The zero-order valence-corrected chi connectivity index (χ0v) is 14.7. The van der Waals surface area contributed by atoms with E-state index < -0.39 is 8.07 Å². The number of carbonyl (C=O) groups excluding carboxylic acids is 1. The van der Waals surface area contributed by atoms with Gasteiger partial charge in [0, 0.05) is 0 Å². The molecule has 0 saturated carbocycles. The van der Waals surface area contributed by atoms with Crippen molar-refractivity contribution in [2.45, 2.75) is 65.1 Å². The zero-order chi connectivity index (χ0) is 15.5. The lowest BCUT2D eigenvalue weighted by Crippen LogP contribution is -2.56. The molecule has 1 heterocycles. The summed E-state index contributed by atoms with van der Waals surface area (Å²) in [6, 6.07) is 0. The molecule has 0 aliphatic heterocycles. The molecule has 20 heavy (non-hydrogen) atoms. The average molecular weight is 293 g/mol. The molecule has 1 aromatic heterocycles. The number of aromatic nitrogens is 1. The molecule has 112 valence electrons. The molecular weight excluding hydrogens is 266 g/mol. The fourth-order valence-electron chi connectivity index (χ4n) is 3.50. The first-order chi connectivity index (χ1) is 9.22. The smallest absolute Gasteiger partial charge is 0.167 e. The second kappa shape index (κ2) is 6.53. The molecule has 0 aliphatic carbocycles. The number of rotatable bonds is 6. The van der Waals surface area contributed by atoms with Gasteiger partial charge in [0.25, 0.3) is 0 Å². The maximum absolute atomic E-state index is 11.0. The third-order valence-corrected chi connectivity index (χ3v) is 10.9. The second-order valence-corrected chi connectivity index (χ2v) is 12.2. The maximum Gasteiger partial charge on any atom is 0.167 e. The van der Waals surface area contributed by atoms with Crippen LogP contribution >= 0.6 is 0 Å². The van der Waals surface area contributed by atoms with Gasteiger partial charge in [-0.05, 0) is 35.7 Å². The predicted molar refractivity (Wildman–Crippen MR) is 86.9 cm³/mol. The minimum absolute atomic E-state index is 0.0167. The average Bonchev–Trinajstić information content (AvgIpc) is 2.74. The summed E-state index contributed by atoms with van der Waals surface area (Å²) in [5.41, 5.74) is 2.60. The van der Waals surface area contributed by atoms with Gasteiger partial charge >= 0.3 is 0 Å². The number of carbonyl (C=O) groups is 1. The summed E-state index contributed by atoms with van der Waals surface area (Å²) in [4.78, 5) is 15.6. The van der Waals surface area contributed by atoms with Crippen LogP contribution in [0.2, 0.25) is 16.6 Å². The number of ketones is 1. The topological polar surface area (TPSA) is 43.1 Å². The molecule has 0 amide bonds. The molecule has 0 radical (unpaired) electrons. The fraction of sp³-hybridized carbons (Fsp3) is 0.625. The molecule has 0 fully saturated rings. The largest absolute Gasteiger partial charge is 0.446 e. The van der Waals surface area contributed by atoms with Gasteiger partial charge in [-0.1, -0.05) is 41.5 Å². The van der Waals surface area contributed by atoms with Crippen LogP contribution in [0.5, 0.6) is 0 Å². The van der Waals surface area contributed by atoms with Crippen LogP contribution in [0.3, 0.4) is 0 Å². The van der Waals surface area contributed by atoms with Gasteiger partial charge in [0.15, 0.2) is 19.4 Å². The first kappa shape index (κ1) is 16.9. The summed E-state index contributed by atoms with van der Waals surface area (Å²) < 4.78 is 6.00. The highest BCUT2D eigenvalue weighted by molar-refractivity contribution is 6.93. The lowest BCUT2D eigenvalue weighted by molar-refractivity contribution is -0.112. The van der Waals surface area contributed by atoms with Crippen LogP contribution in [-0.2, 0) is 4.79 Å². The first-order valence-electron chi connectivity index (χ1n) is 7.37. The van der Waals surface area contributed by atoms with Gasteiger partial charge in [-0.25, -0.2) is 4.98 Å². The van der Waals surface area contributed by atoms with E-state index in [1.54, 1.807) is 12.3 Å². The zero-order valence-electron chi connectivity index (χ0n) is 13.7. The van der Waals surface area contributed by atoms with Gasteiger partial charge in [0.1, 0.15) is 5.76 Å². The number of hydrogen-bond acceptors (Lipinski definition) is 3.